The fraction of sp³-hybridized carbons (Fsp3) is 0.385. The largest absolute Gasteiger partial charge is 0.493 e. The molecule has 4 nitrogen and oxygen atoms in total. The van der Waals surface area contributed by atoms with Crippen molar-refractivity contribution in [2.45, 2.75) is 19.3 Å². The Balaban J connectivity index is 2.02. The van der Waals surface area contributed by atoms with E-state index in [1.807, 2.05) is 12.1 Å². The second-order valence-corrected chi connectivity index (χ2v) is 3.92. The number of ketones is 1. The molecule has 0 radical (unpaired) electrons. The normalized spacial score (nSPS) is 12.8. The van der Waals surface area contributed by atoms with E-state index >= 15 is 0 Å². The zero-order valence-electron chi connectivity index (χ0n) is 9.69. The number of Topliss-reactive ketones (excluding diaryl/α,β-unsaturated/α-hetero) is 1. The van der Waals surface area contributed by atoms with E-state index in [0.29, 0.717) is 12.2 Å². The number of hydrogen-bond donors (Lipinski definition) is 0. The van der Waals surface area contributed by atoms with E-state index in [0.717, 1.165) is 17.7 Å². The molecule has 90 valence electrons. The van der Waals surface area contributed by atoms with Crippen LogP contribution in [0.5, 0.6) is 5.75 Å². The molecule has 2 rings (SSSR count). The highest BCUT2D eigenvalue weighted by Crippen LogP contribution is 2.26. The lowest BCUT2D eigenvalue weighted by molar-refractivity contribution is -0.140. The third kappa shape index (κ3) is 2.64. The van der Waals surface area contributed by atoms with Gasteiger partial charge in [-0.3, -0.25) is 9.59 Å². The van der Waals surface area contributed by atoms with Gasteiger partial charge in [-0.05, 0) is 23.8 Å². The first kappa shape index (κ1) is 11.6. The molecule has 1 aliphatic heterocycles. The van der Waals surface area contributed by atoms with Gasteiger partial charge in [-0.25, -0.2) is 0 Å². The average Bonchev–Trinajstić information content (AvgIpc) is 2.82. The van der Waals surface area contributed by atoms with E-state index in [9.17, 15) is 9.59 Å². The van der Waals surface area contributed by atoms with Crippen molar-refractivity contribution in [2.75, 3.05) is 13.7 Å². The fourth-order valence-corrected chi connectivity index (χ4v) is 1.82. The Morgan fingerprint density at radius 2 is 2.18 bits per heavy atom. The summed E-state index contributed by atoms with van der Waals surface area (Å²) in [6.45, 7) is 0.676. The Morgan fingerprint density at radius 1 is 1.35 bits per heavy atom. The van der Waals surface area contributed by atoms with Gasteiger partial charge < -0.3 is 9.47 Å². The fourth-order valence-electron chi connectivity index (χ4n) is 1.82. The Labute approximate surface area is 99.5 Å². The van der Waals surface area contributed by atoms with Gasteiger partial charge in [-0.1, -0.05) is 0 Å². The molecule has 0 bridgehead atoms. The van der Waals surface area contributed by atoms with E-state index in [-0.39, 0.29) is 24.6 Å². The van der Waals surface area contributed by atoms with Crippen LogP contribution in [0.2, 0.25) is 0 Å². The third-order valence-electron chi connectivity index (χ3n) is 2.80. The zero-order valence-corrected chi connectivity index (χ0v) is 9.69. The molecule has 1 aliphatic rings. The summed E-state index contributed by atoms with van der Waals surface area (Å²) in [4.78, 5) is 22.8. The van der Waals surface area contributed by atoms with Gasteiger partial charge in [-0.2, -0.15) is 0 Å². The molecule has 0 spiro atoms. The number of fused-ring (bicyclic) bond motifs is 1. The standard InChI is InChI=1S/C13H14O4/c1-16-13(15)5-3-11(14)9-2-4-12-10(8-9)6-7-17-12/h2,4,8H,3,5-7H2,1H3. The van der Waals surface area contributed by atoms with Gasteiger partial charge in [0.15, 0.2) is 5.78 Å². The first-order valence-electron chi connectivity index (χ1n) is 5.56. The molecule has 0 aliphatic carbocycles. The first-order valence-corrected chi connectivity index (χ1v) is 5.56. The number of hydrogen-bond acceptors (Lipinski definition) is 4. The molecule has 0 unspecified atom stereocenters. The SMILES string of the molecule is COC(=O)CCC(=O)c1ccc2c(c1)CCO2. The summed E-state index contributed by atoms with van der Waals surface area (Å²) >= 11 is 0. The van der Waals surface area contributed by atoms with Crippen LogP contribution < -0.4 is 4.74 Å². The highest BCUT2D eigenvalue weighted by molar-refractivity contribution is 5.97. The summed E-state index contributed by atoms with van der Waals surface area (Å²) in [6, 6.07) is 5.40. The van der Waals surface area contributed by atoms with E-state index in [1.165, 1.54) is 7.11 Å². The number of methoxy groups -OCH3 is 1. The summed E-state index contributed by atoms with van der Waals surface area (Å²) in [5.74, 6) is 0.461. The number of ether oxygens (including phenoxy) is 2. The first-order chi connectivity index (χ1) is 8.20. The molecule has 0 fully saturated rings. The molecule has 0 saturated carbocycles. The van der Waals surface area contributed by atoms with Gasteiger partial charge in [0.05, 0.1) is 20.1 Å². The maximum absolute atomic E-state index is 11.8. The third-order valence-corrected chi connectivity index (χ3v) is 2.80. The van der Waals surface area contributed by atoms with Crippen molar-refractivity contribution >= 4 is 11.8 Å². The maximum Gasteiger partial charge on any atom is 0.305 e. The van der Waals surface area contributed by atoms with Crippen LogP contribution in [0.25, 0.3) is 0 Å². The van der Waals surface area contributed by atoms with Crippen molar-refractivity contribution in [3.63, 3.8) is 0 Å². The van der Waals surface area contributed by atoms with E-state index in [2.05, 4.69) is 4.74 Å². The molecule has 1 aromatic rings. The number of benzene rings is 1. The molecule has 0 saturated heterocycles. The summed E-state index contributed by atoms with van der Waals surface area (Å²) in [5, 5.41) is 0. The Bertz CT molecular complexity index is 451. The average molecular weight is 234 g/mol. The Morgan fingerprint density at radius 3 is 2.94 bits per heavy atom. The van der Waals surface area contributed by atoms with E-state index in [4.69, 9.17) is 4.74 Å². The lowest BCUT2D eigenvalue weighted by Gasteiger charge is -2.03. The van der Waals surface area contributed by atoms with Gasteiger partial charge >= 0.3 is 5.97 Å². The van der Waals surface area contributed by atoms with E-state index < -0.39 is 0 Å². The smallest absolute Gasteiger partial charge is 0.305 e. The number of esters is 1. The van der Waals surface area contributed by atoms with Crippen molar-refractivity contribution in [1.82, 2.24) is 0 Å². The van der Waals surface area contributed by atoms with Crippen LogP contribution in [-0.2, 0) is 16.0 Å². The molecular formula is C13H14O4. The van der Waals surface area contributed by atoms with Crippen LogP contribution in [0.4, 0.5) is 0 Å². The highest BCUT2D eigenvalue weighted by Gasteiger charge is 2.15. The molecule has 4 heteroatoms. The van der Waals surface area contributed by atoms with Crippen LogP contribution in [0.15, 0.2) is 18.2 Å². The lowest BCUT2D eigenvalue weighted by Crippen LogP contribution is -2.06. The minimum Gasteiger partial charge on any atom is -0.493 e. The Hall–Kier alpha value is -1.84. The second kappa shape index (κ2) is 4.99. The highest BCUT2D eigenvalue weighted by atomic mass is 16.5. The zero-order chi connectivity index (χ0) is 12.3. The molecule has 0 amide bonds. The number of rotatable bonds is 4. The minimum atomic E-state index is -0.358. The minimum absolute atomic E-state index is 0.0369. The number of carbonyl (C=O) groups is 2. The summed E-state index contributed by atoms with van der Waals surface area (Å²) in [7, 11) is 1.32. The van der Waals surface area contributed by atoms with Crippen molar-refractivity contribution in [1.29, 1.82) is 0 Å². The van der Waals surface area contributed by atoms with Crippen molar-refractivity contribution < 1.29 is 19.1 Å². The van der Waals surface area contributed by atoms with Crippen LogP contribution in [0.1, 0.15) is 28.8 Å². The van der Waals surface area contributed by atoms with Crippen LogP contribution in [0.3, 0.4) is 0 Å². The molecule has 1 aromatic carbocycles. The predicted octanol–water partition coefficient (Wildman–Crippen LogP) is 1.76. The maximum atomic E-state index is 11.8. The molecule has 0 N–H and O–H groups in total. The van der Waals surface area contributed by atoms with Gasteiger partial charge in [0.1, 0.15) is 5.75 Å². The van der Waals surface area contributed by atoms with Gasteiger partial charge in [0.2, 0.25) is 0 Å². The van der Waals surface area contributed by atoms with Gasteiger partial charge in [0, 0.05) is 18.4 Å². The van der Waals surface area contributed by atoms with Crippen molar-refractivity contribution in [3.8, 4) is 5.75 Å². The lowest BCUT2D eigenvalue weighted by atomic mass is 10.0. The quantitative estimate of drug-likeness (QED) is 0.588. The predicted molar refractivity (Wildman–Crippen MR) is 61.2 cm³/mol. The van der Waals surface area contributed by atoms with Crippen molar-refractivity contribution in [2.24, 2.45) is 0 Å². The second-order valence-electron chi connectivity index (χ2n) is 3.92. The molecular weight excluding hydrogens is 220 g/mol. The van der Waals surface area contributed by atoms with Crippen molar-refractivity contribution in [3.05, 3.63) is 29.3 Å². The molecule has 1 heterocycles. The van der Waals surface area contributed by atoms with Gasteiger partial charge in [-0.15, -0.1) is 0 Å². The van der Waals surface area contributed by atoms with Gasteiger partial charge in [0.25, 0.3) is 0 Å². The van der Waals surface area contributed by atoms with E-state index in [1.54, 1.807) is 6.07 Å². The summed E-state index contributed by atoms with van der Waals surface area (Å²) in [5.41, 5.74) is 1.70. The summed E-state index contributed by atoms with van der Waals surface area (Å²) in [6.07, 6.45) is 1.16. The van der Waals surface area contributed by atoms with Crippen LogP contribution in [-0.4, -0.2) is 25.5 Å². The Kier molecular flexibility index (Phi) is 3.42. The van der Waals surface area contributed by atoms with Crippen LogP contribution in [0, 0.1) is 0 Å². The summed E-state index contributed by atoms with van der Waals surface area (Å²) < 4.78 is 9.86. The molecule has 0 atom stereocenters. The molecule has 17 heavy (non-hydrogen) atoms. The topological polar surface area (TPSA) is 52.6 Å². The monoisotopic (exact) mass is 234 g/mol. The van der Waals surface area contributed by atoms with Crippen LogP contribution >= 0.6 is 0 Å². The number of carbonyl (C=O) groups excluding carboxylic acids is 2. The molecule has 0 aromatic heterocycles.